The number of aliphatic imine (C=N–C) groups is 1. The summed E-state index contributed by atoms with van der Waals surface area (Å²) in [6.07, 6.45) is 0. The molecule has 1 heterocycles. The second-order valence-corrected chi connectivity index (χ2v) is 5.15. The summed E-state index contributed by atoms with van der Waals surface area (Å²) in [5.74, 6) is 0.413. The number of nitrogens with zero attached hydrogens (tertiary/aromatic N) is 1. The van der Waals surface area contributed by atoms with Gasteiger partial charge in [-0.05, 0) is 24.1 Å². The van der Waals surface area contributed by atoms with Gasteiger partial charge in [-0.1, -0.05) is 28.1 Å². The predicted molar refractivity (Wildman–Crippen MR) is 77.1 cm³/mol. The Morgan fingerprint density at radius 1 is 1.47 bits per heavy atom. The van der Waals surface area contributed by atoms with Crippen LogP contribution in [0.2, 0.25) is 0 Å². The molecule has 1 aliphatic heterocycles. The molecule has 0 aliphatic carbocycles. The van der Waals surface area contributed by atoms with Crippen molar-refractivity contribution in [1.82, 2.24) is 10.6 Å². The van der Waals surface area contributed by atoms with Crippen LogP contribution >= 0.6 is 15.9 Å². The van der Waals surface area contributed by atoms with Gasteiger partial charge in [0, 0.05) is 11.6 Å². The average molecular weight is 326 g/mol. The number of halogens is 1. The van der Waals surface area contributed by atoms with Crippen LogP contribution in [0.3, 0.4) is 0 Å². The predicted octanol–water partition coefficient (Wildman–Crippen LogP) is 1.52. The van der Waals surface area contributed by atoms with E-state index in [1.807, 2.05) is 25.1 Å². The van der Waals surface area contributed by atoms with E-state index in [1.165, 1.54) is 0 Å². The Labute approximate surface area is 120 Å². The van der Waals surface area contributed by atoms with Crippen molar-refractivity contribution in [2.75, 3.05) is 20.3 Å². The lowest BCUT2D eigenvalue weighted by Crippen LogP contribution is -2.26. The van der Waals surface area contributed by atoms with Gasteiger partial charge < -0.3 is 10.1 Å². The van der Waals surface area contributed by atoms with Gasteiger partial charge in [0.25, 0.3) is 5.91 Å². The van der Waals surface area contributed by atoms with E-state index in [-0.39, 0.29) is 5.91 Å². The number of benzene rings is 1. The number of hydrogen-bond donors (Lipinski definition) is 2. The van der Waals surface area contributed by atoms with Crippen LogP contribution in [-0.4, -0.2) is 32.1 Å². The molecule has 1 unspecified atom stereocenters. The fourth-order valence-electron chi connectivity index (χ4n) is 1.78. The number of aryl methyl sites for hydroxylation is 1. The first-order valence-electron chi connectivity index (χ1n) is 5.98. The van der Waals surface area contributed by atoms with Crippen LogP contribution in [0, 0.1) is 6.92 Å². The molecule has 0 aromatic heterocycles. The number of amides is 1. The molecule has 0 radical (unpaired) electrons. The third-order valence-corrected chi connectivity index (χ3v) is 3.73. The fourth-order valence-corrected chi connectivity index (χ4v) is 2.18. The maximum atomic E-state index is 11.9. The van der Waals surface area contributed by atoms with Crippen molar-refractivity contribution in [3.05, 3.63) is 33.8 Å². The summed E-state index contributed by atoms with van der Waals surface area (Å²) in [5.41, 5.74) is 2.04. The van der Waals surface area contributed by atoms with E-state index in [0.29, 0.717) is 19.1 Å². The highest BCUT2D eigenvalue weighted by atomic mass is 79.9. The normalized spacial score (nSPS) is 20.5. The zero-order valence-corrected chi connectivity index (χ0v) is 12.5. The van der Waals surface area contributed by atoms with Crippen molar-refractivity contribution in [3.8, 4) is 0 Å². The Morgan fingerprint density at radius 2 is 2.26 bits per heavy atom. The molecule has 1 aliphatic rings. The summed E-state index contributed by atoms with van der Waals surface area (Å²) in [5, 5.41) is 5.80. The second-order valence-electron chi connectivity index (χ2n) is 4.30. The van der Waals surface area contributed by atoms with Crippen molar-refractivity contribution in [2.45, 2.75) is 13.0 Å². The van der Waals surface area contributed by atoms with E-state index >= 15 is 0 Å². The molecule has 1 fully saturated rings. The maximum absolute atomic E-state index is 11.9. The number of hydrogen-bond acceptors (Lipinski definition) is 3. The van der Waals surface area contributed by atoms with Gasteiger partial charge in [-0.3, -0.25) is 15.1 Å². The van der Waals surface area contributed by atoms with E-state index < -0.39 is 6.04 Å². The molecule has 102 valence electrons. The van der Waals surface area contributed by atoms with Crippen molar-refractivity contribution in [1.29, 1.82) is 0 Å². The van der Waals surface area contributed by atoms with E-state index in [2.05, 4.69) is 31.6 Å². The number of methoxy groups -OCH3 is 1. The van der Waals surface area contributed by atoms with E-state index in [4.69, 9.17) is 4.74 Å². The lowest BCUT2D eigenvalue weighted by molar-refractivity contribution is -0.120. The quantitative estimate of drug-likeness (QED) is 0.825. The minimum absolute atomic E-state index is 0.0908. The van der Waals surface area contributed by atoms with Crippen LogP contribution in [0.15, 0.2) is 27.7 Å². The van der Waals surface area contributed by atoms with Crippen molar-refractivity contribution >= 4 is 27.8 Å². The van der Waals surface area contributed by atoms with Crippen molar-refractivity contribution in [2.24, 2.45) is 4.99 Å². The first-order valence-corrected chi connectivity index (χ1v) is 6.78. The summed E-state index contributed by atoms with van der Waals surface area (Å²) in [7, 11) is 1.62. The molecule has 19 heavy (non-hydrogen) atoms. The molecule has 1 aromatic rings. The van der Waals surface area contributed by atoms with E-state index in [9.17, 15) is 4.79 Å². The molecule has 1 saturated heterocycles. The highest BCUT2D eigenvalue weighted by Gasteiger charge is 2.29. The zero-order valence-electron chi connectivity index (χ0n) is 10.9. The van der Waals surface area contributed by atoms with Gasteiger partial charge in [0.2, 0.25) is 0 Å². The smallest absolute Gasteiger partial charge is 0.253 e. The standard InChI is InChI=1S/C13H16BrN3O2/c1-8-3-4-9(7-10(8)14)11-12(18)17-13(16-11)15-5-6-19-2/h3-4,7,11H,5-6H2,1-2H3,(H2,15,16,17,18). The molecular formula is C13H16BrN3O2. The van der Waals surface area contributed by atoms with Crippen LogP contribution in [0.4, 0.5) is 0 Å². The molecular weight excluding hydrogens is 310 g/mol. The second kappa shape index (κ2) is 6.16. The van der Waals surface area contributed by atoms with Gasteiger partial charge in [-0.2, -0.15) is 0 Å². The number of nitrogens with one attached hydrogen (secondary N) is 2. The van der Waals surface area contributed by atoms with E-state index in [1.54, 1.807) is 7.11 Å². The number of guanidine groups is 1. The molecule has 1 amide bonds. The van der Waals surface area contributed by atoms with Crippen LogP contribution in [0.25, 0.3) is 0 Å². The molecule has 5 nitrogen and oxygen atoms in total. The molecule has 2 rings (SSSR count). The lowest BCUT2D eigenvalue weighted by Gasteiger charge is -2.09. The maximum Gasteiger partial charge on any atom is 0.253 e. The fraction of sp³-hybridized carbons (Fsp3) is 0.385. The molecule has 0 saturated carbocycles. The summed E-state index contributed by atoms with van der Waals surface area (Å²) in [4.78, 5) is 16.1. The Kier molecular flexibility index (Phi) is 4.55. The van der Waals surface area contributed by atoms with Gasteiger partial charge >= 0.3 is 0 Å². The van der Waals surface area contributed by atoms with Crippen LogP contribution in [0.5, 0.6) is 0 Å². The average Bonchev–Trinajstić information content (AvgIpc) is 2.74. The molecule has 0 spiro atoms. The highest BCUT2D eigenvalue weighted by Crippen LogP contribution is 2.23. The molecule has 1 atom stereocenters. The number of rotatable bonds is 4. The van der Waals surface area contributed by atoms with E-state index in [0.717, 1.165) is 15.6 Å². The highest BCUT2D eigenvalue weighted by molar-refractivity contribution is 9.10. The monoisotopic (exact) mass is 325 g/mol. The molecule has 0 bridgehead atoms. The summed E-state index contributed by atoms with van der Waals surface area (Å²) < 4.78 is 5.91. The lowest BCUT2D eigenvalue weighted by atomic mass is 10.1. The summed E-state index contributed by atoms with van der Waals surface area (Å²) in [6.45, 7) is 3.05. The Hall–Kier alpha value is -1.40. The Balaban J connectivity index is 2.11. The number of ether oxygens (including phenoxy) is 1. The molecule has 1 aromatic carbocycles. The Morgan fingerprint density at radius 3 is 2.95 bits per heavy atom. The molecule has 6 heteroatoms. The van der Waals surface area contributed by atoms with Gasteiger partial charge in [0.15, 0.2) is 5.96 Å². The SMILES string of the molecule is COCCN=C1NC(=O)C(c2ccc(C)c(Br)c2)N1. The van der Waals surface area contributed by atoms with Gasteiger partial charge in [0.1, 0.15) is 6.04 Å². The number of carbonyl (C=O) groups excluding carboxylic acids is 1. The first kappa shape index (κ1) is 14.0. The third kappa shape index (κ3) is 3.33. The van der Waals surface area contributed by atoms with Crippen LogP contribution in [-0.2, 0) is 9.53 Å². The molecule has 2 N–H and O–H groups in total. The topological polar surface area (TPSA) is 62.7 Å². The third-order valence-electron chi connectivity index (χ3n) is 2.88. The van der Waals surface area contributed by atoms with Gasteiger partial charge in [-0.25, -0.2) is 0 Å². The van der Waals surface area contributed by atoms with Crippen LogP contribution < -0.4 is 10.6 Å². The minimum atomic E-state index is -0.391. The summed E-state index contributed by atoms with van der Waals surface area (Å²) in [6, 6.07) is 5.48. The summed E-state index contributed by atoms with van der Waals surface area (Å²) >= 11 is 3.47. The van der Waals surface area contributed by atoms with Crippen molar-refractivity contribution in [3.63, 3.8) is 0 Å². The Bertz CT molecular complexity index is 517. The largest absolute Gasteiger partial charge is 0.383 e. The van der Waals surface area contributed by atoms with Gasteiger partial charge in [0.05, 0.1) is 13.2 Å². The number of carbonyl (C=O) groups is 1. The first-order chi connectivity index (χ1) is 9.11. The zero-order chi connectivity index (χ0) is 13.8. The van der Waals surface area contributed by atoms with Crippen molar-refractivity contribution < 1.29 is 9.53 Å². The minimum Gasteiger partial charge on any atom is -0.383 e. The van der Waals surface area contributed by atoms with Crippen LogP contribution in [0.1, 0.15) is 17.2 Å². The van der Waals surface area contributed by atoms with Gasteiger partial charge in [-0.15, -0.1) is 0 Å².